The van der Waals surface area contributed by atoms with Crippen molar-refractivity contribution in [2.24, 2.45) is 0 Å². The standard InChI is InChI=1S/C32H29F2N3O6S2/c33-23-4-1-20(2-5-23)21-3-8-27(43-16-13-36-11-14-42-15-12-36)22(17-21)18-28-30(39)37(32(44)45-28)10-9-29(38)35-24-6-7-25(31(40)41)26(34)19-24/h1-8,17-19H,9-16H2,(H,35,38)(H,40,41). The van der Waals surface area contributed by atoms with Crippen LogP contribution in [0.1, 0.15) is 22.3 Å². The molecule has 234 valence electrons. The van der Waals surface area contributed by atoms with Crippen molar-refractivity contribution >= 4 is 57.8 Å². The molecule has 3 aromatic carbocycles. The number of carboxylic acid groups (broad SMARTS) is 1. The fraction of sp³-hybridized carbons (Fsp3) is 0.250. The van der Waals surface area contributed by atoms with Crippen LogP contribution in [0.5, 0.6) is 5.75 Å². The predicted octanol–water partition coefficient (Wildman–Crippen LogP) is 5.27. The lowest BCUT2D eigenvalue weighted by Crippen LogP contribution is -2.38. The molecule has 9 nitrogen and oxygen atoms in total. The fourth-order valence-electron chi connectivity index (χ4n) is 4.76. The summed E-state index contributed by atoms with van der Waals surface area (Å²) in [6.07, 6.45) is 1.57. The molecule has 0 spiro atoms. The number of nitrogens with one attached hydrogen (secondary N) is 1. The maximum absolute atomic E-state index is 14.0. The Balaban J connectivity index is 1.28. The van der Waals surface area contributed by atoms with Crippen molar-refractivity contribution in [2.75, 3.05) is 51.3 Å². The largest absolute Gasteiger partial charge is 0.492 e. The molecule has 2 aliphatic rings. The number of rotatable bonds is 11. The number of morpholine rings is 1. The summed E-state index contributed by atoms with van der Waals surface area (Å²) in [5, 5.41) is 11.5. The van der Waals surface area contributed by atoms with Gasteiger partial charge < -0.3 is 19.9 Å². The van der Waals surface area contributed by atoms with E-state index in [-0.39, 0.29) is 34.7 Å². The van der Waals surface area contributed by atoms with Gasteiger partial charge >= 0.3 is 5.97 Å². The summed E-state index contributed by atoms with van der Waals surface area (Å²) in [4.78, 5) is 40.8. The quantitative estimate of drug-likeness (QED) is 0.211. The van der Waals surface area contributed by atoms with Gasteiger partial charge in [0.2, 0.25) is 5.91 Å². The van der Waals surface area contributed by atoms with Crippen LogP contribution in [-0.4, -0.2) is 83.0 Å². The summed E-state index contributed by atoms with van der Waals surface area (Å²) in [5.41, 5.74) is 1.83. The highest BCUT2D eigenvalue weighted by atomic mass is 32.2. The Morgan fingerprint density at radius 1 is 1.02 bits per heavy atom. The molecule has 45 heavy (non-hydrogen) atoms. The minimum Gasteiger partial charge on any atom is -0.492 e. The number of nitrogens with zero attached hydrogens (tertiary/aromatic N) is 2. The molecular weight excluding hydrogens is 624 g/mol. The second kappa shape index (κ2) is 14.7. The van der Waals surface area contributed by atoms with Crippen LogP contribution in [0.15, 0.2) is 65.6 Å². The van der Waals surface area contributed by atoms with Crippen molar-refractivity contribution in [1.29, 1.82) is 0 Å². The van der Waals surface area contributed by atoms with E-state index in [1.54, 1.807) is 18.2 Å². The molecule has 0 saturated carbocycles. The third-order valence-corrected chi connectivity index (χ3v) is 8.54. The Hall–Kier alpha value is -4.17. The summed E-state index contributed by atoms with van der Waals surface area (Å²) < 4.78 is 39.4. The van der Waals surface area contributed by atoms with Crippen LogP contribution in [0, 0.1) is 11.6 Å². The van der Waals surface area contributed by atoms with Gasteiger partial charge in [-0.25, -0.2) is 13.6 Å². The number of ether oxygens (including phenoxy) is 2. The van der Waals surface area contributed by atoms with E-state index < -0.39 is 23.3 Å². The normalized spacial score (nSPS) is 16.3. The summed E-state index contributed by atoms with van der Waals surface area (Å²) in [6, 6.07) is 14.9. The Morgan fingerprint density at radius 3 is 2.47 bits per heavy atom. The third kappa shape index (κ3) is 8.31. The highest BCUT2D eigenvalue weighted by Gasteiger charge is 2.32. The molecule has 2 fully saturated rings. The van der Waals surface area contributed by atoms with E-state index in [9.17, 15) is 23.2 Å². The molecule has 0 atom stereocenters. The zero-order valence-electron chi connectivity index (χ0n) is 24.0. The van der Waals surface area contributed by atoms with Crippen LogP contribution < -0.4 is 10.1 Å². The number of halogens is 2. The van der Waals surface area contributed by atoms with Crippen molar-refractivity contribution in [2.45, 2.75) is 6.42 Å². The van der Waals surface area contributed by atoms with Crippen molar-refractivity contribution in [3.63, 3.8) is 0 Å². The molecule has 13 heteroatoms. The first-order valence-corrected chi connectivity index (χ1v) is 15.3. The van der Waals surface area contributed by atoms with Crippen LogP contribution in [-0.2, 0) is 14.3 Å². The van der Waals surface area contributed by atoms with E-state index in [1.165, 1.54) is 23.1 Å². The highest BCUT2D eigenvalue weighted by Crippen LogP contribution is 2.36. The lowest BCUT2D eigenvalue weighted by molar-refractivity contribution is -0.122. The lowest BCUT2D eigenvalue weighted by atomic mass is 10.0. The number of carboxylic acids is 1. The van der Waals surface area contributed by atoms with Gasteiger partial charge in [0.1, 0.15) is 28.3 Å². The number of carbonyl (C=O) groups excluding carboxylic acids is 2. The average molecular weight is 654 g/mol. The number of aromatic carboxylic acids is 1. The summed E-state index contributed by atoms with van der Waals surface area (Å²) in [5.74, 6) is -3.04. The number of benzene rings is 3. The number of thioether (sulfide) groups is 1. The topological polar surface area (TPSA) is 108 Å². The van der Waals surface area contributed by atoms with E-state index in [0.29, 0.717) is 42.6 Å². The Kier molecular flexibility index (Phi) is 10.6. The molecular formula is C32H29F2N3O6S2. The summed E-state index contributed by atoms with van der Waals surface area (Å²) in [7, 11) is 0. The SMILES string of the molecule is O=C(CCN1C(=O)C(=Cc2cc(-c3ccc(F)cc3)ccc2OCCN2CCOCC2)SC1=S)Nc1ccc(C(=O)O)c(F)c1. The molecule has 0 bridgehead atoms. The monoisotopic (exact) mass is 653 g/mol. The smallest absolute Gasteiger partial charge is 0.338 e. The molecule has 2 N–H and O–H groups in total. The second-order valence-electron chi connectivity index (χ2n) is 10.2. The number of anilines is 1. The van der Waals surface area contributed by atoms with Crippen LogP contribution in [0.3, 0.4) is 0 Å². The van der Waals surface area contributed by atoms with Gasteiger partial charge in [0, 0.05) is 43.9 Å². The second-order valence-corrected chi connectivity index (χ2v) is 11.9. The maximum atomic E-state index is 14.0. The first-order chi connectivity index (χ1) is 21.7. The Bertz CT molecular complexity index is 1640. The molecule has 5 rings (SSSR count). The molecule has 2 amide bonds. The molecule has 0 aliphatic carbocycles. The van der Waals surface area contributed by atoms with Gasteiger partial charge in [-0.15, -0.1) is 0 Å². The Morgan fingerprint density at radius 2 is 1.76 bits per heavy atom. The van der Waals surface area contributed by atoms with Gasteiger partial charge in [-0.2, -0.15) is 0 Å². The van der Waals surface area contributed by atoms with E-state index >= 15 is 0 Å². The first-order valence-electron chi connectivity index (χ1n) is 14.1. The molecule has 2 saturated heterocycles. The Labute approximate surface area is 267 Å². The minimum absolute atomic E-state index is 0.0118. The zero-order valence-corrected chi connectivity index (χ0v) is 25.6. The van der Waals surface area contributed by atoms with Crippen molar-refractivity contribution in [3.8, 4) is 16.9 Å². The molecule has 0 radical (unpaired) electrons. The van der Waals surface area contributed by atoms with Crippen molar-refractivity contribution in [3.05, 3.63) is 88.3 Å². The van der Waals surface area contributed by atoms with Crippen LogP contribution in [0.2, 0.25) is 0 Å². The number of hydrogen-bond acceptors (Lipinski definition) is 8. The first kappa shape index (κ1) is 32.2. The van der Waals surface area contributed by atoms with Crippen LogP contribution in [0.4, 0.5) is 14.5 Å². The van der Waals surface area contributed by atoms with E-state index in [4.69, 9.17) is 26.8 Å². The number of thiocarbonyl (C=S) groups is 1. The number of amides is 2. The number of carbonyl (C=O) groups is 3. The zero-order chi connectivity index (χ0) is 31.9. The summed E-state index contributed by atoms with van der Waals surface area (Å²) in [6.45, 7) is 4.14. The van der Waals surface area contributed by atoms with Crippen molar-refractivity contribution in [1.82, 2.24) is 9.80 Å². The maximum Gasteiger partial charge on any atom is 0.338 e. The predicted molar refractivity (Wildman–Crippen MR) is 171 cm³/mol. The fourth-order valence-corrected chi connectivity index (χ4v) is 6.06. The summed E-state index contributed by atoms with van der Waals surface area (Å²) >= 11 is 6.55. The molecule has 2 aliphatic heterocycles. The van der Waals surface area contributed by atoms with Crippen molar-refractivity contribution < 1.29 is 37.7 Å². The molecule has 0 aromatic heterocycles. The van der Waals surface area contributed by atoms with Gasteiger partial charge in [-0.3, -0.25) is 19.4 Å². The van der Waals surface area contributed by atoms with E-state index in [0.717, 1.165) is 48.1 Å². The van der Waals surface area contributed by atoms with E-state index in [1.807, 2.05) is 18.2 Å². The highest BCUT2D eigenvalue weighted by molar-refractivity contribution is 8.26. The van der Waals surface area contributed by atoms with Gasteiger partial charge in [0.15, 0.2) is 0 Å². The van der Waals surface area contributed by atoms with Gasteiger partial charge in [0.05, 0.1) is 23.7 Å². The van der Waals surface area contributed by atoms with E-state index in [2.05, 4.69) is 10.2 Å². The average Bonchev–Trinajstić information content (AvgIpc) is 3.28. The third-order valence-electron chi connectivity index (χ3n) is 7.16. The van der Waals surface area contributed by atoms with Crippen LogP contribution in [0.25, 0.3) is 17.2 Å². The molecule has 2 heterocycles. The molecule has 0 unspecified atom stereocenters. The van der Waals surface area contributed by atoms with Crippen LogP contribution >= 0.6 is 24.0 Å². The minimum atomic E-state index is -1.42. The van der Waals surface area contributed by atoms with Gasteiger partial charge in [-0.1, -0.05) is 42.2 Å². The van der Waals surface area contributed by atoms with Gasteiger partial charge in [0.25, 0.3) is 5.91 Å². The van der Waals surface area contributed by atoms with Gasteiger partial charge in [-0.05, 0) is 59.7 Å². The molecule has 3 aromatic rings. The lowest BCUT2D eigenvalue weighted by Gasteiger charge is -2.26. The number of hydrogen-bond donors (Lipinski definition) is 2.